The summed E-state index contributed by atoms with van der Waals surface area (Å²) in [5.41, 5.74) is 0. The van der Waals surface area contributed by atoms with Crippen molar-refractivity contribution in [2.24, 2.45) is 0 Å². The fourth-order valence-corrected chi connectivity index (χ4v) is 0.671. The molecule has 0 atom stereocenters. The zero-order valence-electron chi connectivity index (χ0n) is 5.57. The Hall–Kier alpha value is 3.96. The van der Waals surface area contributed by atoms with E-state index in [9.17, 15) is 0 Å². The molecule has 0 spiro atoms. The summed E-state index contributed by atoms with van der Waals surface area (Å²) in [4.78, 5) is 2.38. The zero-order chi connectivity index (χ0) is 5.70. The second-order valence-electron chi connectivity index (χ2n) is 1.62. The molecule has 0 radical (unpaired) electrons. The summed E-state index contributed by atoms with van der Waals surface area (Å²) in [6.45, 7) is 10.1. The molecule has 0 heterocycles. The summed E-state index contributed by atoms with van der Waals surface area (Å²) in [6, 6.07) is 0. The summed E-state index contributed by atoms with van der Waals surface area (Å²) >= 11 is 0. The molecule has 0 fully saturated rings. The van der Waals surface area contributed by atoms with E-state index in [1.165, 1.54) is 19.6 Å². The Morgan fingerprint density at radius 3 is 0.818 bits per heavy atom. The first-order chi connectivity index (χ1) is 3.35. The number of rotatable bonds is 3. The first kappa shape index (κ1) is 29.4. The van der Waals surface area contributed by atoms with E-state index >= 15 is 0 Å². The van der Waals surface area contributed by atoms with Crippen LogP contribution >= 0.6 is 0 Å². The molecule has 0 unspecified atom stereocenters. The molecule has 1 nitrogen and oxygen atoms in total. The van der Waals surface area contributed by atoms with Crippen molar-refractivity contribution in [2.75, 3.05) is 19.6 Å². The van der Waals surface area contributed by atoms with Crippen LogP contribution in [0.2, 0.25) is 0 Å². The van der Waals surface area contributed by atoms with Gasteiger partial charge in [-0.1, -0.05) is 20.8 Å². The van der Waals surface area contributed by atoms with Crippen LogP contribution in [0.4, 0.5) is 0 Å². The molecule has 0 saturated carbocycles. The van der Waals surface area contributed by atoms with Crippen LogP contribution in [0.5, 0.6) is 0 Å². The van der Waals surface area contributed by atoms with E-state index in [2.05, 4.69) is 25.7 Å². The SMILES string of the molecule is CCN(CC)CC.[NaH].[NaH].[NaH].[NaH]. The van der Waals surface area contributed by atoms with Gasteiger partial charge in [-0.3, -0.25) is 0 Å². The van der Waals surface area contributed by atoms with E-state index < -0.39 is 0 Å². The zero-order valence-corrected chi connectivity index (χ0v) is 5.57. The second-order valence-corrected chi connectivity index (χ2v) is 1.62. The predicted octanol–water partition coefficient (Wildman–Crippen LogP) is -1.25. The van der Waals surface area contributed by atoms with Gasteiger partial charge in [0.25, 0.3) is 0 Å². The van der Waals surface area contributed by atoms with Crippen molar-refractivity contribution in [1.82, 2.24) is 4.90 Å². The fraction of sp³-hybridized carbons (Fsp3) is 1.00. The topological polar surface area (TPSA) is 3.24 Å². The summed E-state index contributed by atoms with van der Waals surface area (Å²) < 4.78 is 0. The summed E-state index contributed by atoms with van der Waals surface area (Å²) in [6.07, 6.45) is 0. The van der Waals surface area contributed by atoms with Gasteiger partial charge in [0.05, 0.1) is 0 Å². The van der Waals surface area contributed by atoms with Crippen LogP contribution in [0.3, 0.4) is 0 Å². The van der Waals surface area contributed by atoms with Crippen LogP contribution in [0, 0.1) is 0 Å². The average Bonchev–Trinajstić information content (AvgIpc) is 1.72. The summed E-state index contributed by atoms with van der Waals surface area (Å²) in [7, 11) is 0. The Bertz CT molecular complexity index is 36.1. The van der Waals surface area contributed by atoms with E-state index in [-0.39, 0.29) is 118 Å². The standard InChI is InChI=1S/C6H15N.4Na.4H/c1-4-7(5-2)6-3;;;;;;;;/h4-6H2,1-3H3;;;;;;;;. The van der Waals surface area contributed by atoms with Gasteiger partial charge in [-0.15, -0.1) is 0 Å². The van der Waals surface area contributed by atoms with Crippen molar-refractivity contribution in [3.8, 4) is 0 Å². The van der Waals surface area contributed by atoms with Gasteiger partial charge in [-0.2, -0.15) is 0 Å². The van der Waals surface area contributed by atoms with Crippen molar-refractivity contribution in [3.63, 3.8) is 0 Å². The number of nitrogens with zero attached hydrogens (tertiary/aromatic N) is 1. The molecular weight excluding hydrogens is 178 g/mol. The third-order valence-electron chi connectivity index (χ3n) is 1.34. The molecule has 0 aliphatic heterocycles. The van der Waals surface area contributed by atoms with Gasteiger partial charge in [0.1, 0.15) is 0 Å². The van der Waals surface area contributed by atoms with Gasteiger partial charge in [0.2, 0.25) is 0 Å². The third-order valence-corrected chi connectivity index (χ3v) is 1.34. The first-order valence-electron chi connectivity index (χ1n) is 3.07. The molecule has 0 amide bonds. The van der Waals surface area contributed by atoms with Crippen molar-refractivity contribution in [3.05, 3.63) is 0 Å². The molecule has 0 aliphatic rings. The molecule has 0 aromatic carbocycles. The molecule has 0 aromatic rings. The molecule has 0 aromatic heterocycles. The molecule has 11 heavy (non-hydrogen) atoms. The van der Waals surface area contributed by atoms with Gasteiger partial charge in [-0.25, -0.2) is 0 Å². The minimum atomic E-state index is 0. The molecule has 0 rings (SSSR count). The van der Waals surface area contributed by atoms with Crippen molar-refractivity contribution in [1.29, 1.82) is 0 Å². The van der Waals surface area contributed by atoms with Crippen LogP contribution < -0.4 is 0 Å². The molecule has 0 saturated heterocycles. The number of hydrogen-bond donors (Lipinski definition) is 0. The van der Waals surface area contributed by atoms with E-state index in [0.29, 0.717) is 0 Å². The van der Waals surface area contributed by atoms with E-state index in [1.54, 1.807) is 0 Å². The third kappa shape index (κ3) is 20.1. The molecule has 5 heteroatoms. The van der Waals surface area contributed by atoms with Crippen molar-refractivity contribution < 1.29 is 0 Å². The minimum absolute atomic E-state index is 0. The molecular formula is C6H19NNa4. The van der Waals surface area contributed by atoms with Crippen LogP contribution in [-0.4, -0.2) is 143 Å². The normalized spacial score (nSPS) is 6.55. The predicted molar refractivity (Wildman–Crippen MR) is 62.1 cm³/mol. The van der Waals surface area contributed by atoms with Gasteiger partial charge < -0.3 is 4.90 Å². The van der Waals surface area contributed by atoms with Crippen LogP contribution in [0.25, 0.3) is 0 Å². The Morgan fingerprint density at radius 2 is 0.818 bits per heavy atom. The van der Waals surface area contributed by atoms with Crippen molar-refractivity contribution >= 4 is 118 Å². The maximum atomic E-state index is 2.38. The van der Waals surface area contributed by atoms with Crippen LogP contribution in [0.15, 0.2) is 0 Å². The van der Waals surface area contributed by atoms with Crippen molar-refractivity contribution in [2.45, 2.75) is 20.8 Å². The van der Waals surface area contributed by atoms with Crippen LogP contribution in [0.1, 0.15) is 20.8 Å². The first-order valence-corrected chi connectivity index (χ1v) is 3.07. The Morgan fingerprint density at radius 1 is 0.636 bits per heavy atom. The average molecular weight is 197 g/mol. The monoisotopic (exact) mass is 197 g/mol. The van der Waals surface area contributed by atoms with Gasteiger partial charge in [0, 0.05) is 0 Å². The Kier molecular flexibility index (Phi) is 63.1. The maximum absolute atomic E-state index is 2.38. The van der Waals surface area contributed by atoms with Gasteiger partial charge >= 0.3 is 118 Å². The fourth-order valence-electron chi connectivity index (χ4n) is 0.671. The molecule has 0 N–H and O–H groups in total. The summed E-state index contributed by atoms with van der Waals surface area (Å²) in [5.74, 6) is 0. The molecule has 0 bridgehead atoms. The summed E-state index contributed by atoms with van der Waals surface area (Å²) in [5, 5.41) is 0. The quantitative estimate of drug-likeness (QED) is 0.511. The molecule has 0 aliphatic carbocycles. The van der Waals surface area contributed by atoms with Gasteiger partial charge in [-0.05, 0) is 19.6 Å². The number of hydrogen-bond acceptors (Lipinski definition) is 1. The van der Waals surface area contributed by atoms with E-state index in [1.807, 2.05) is 0 Å². The molecule has 52 valence electrons. The second kappa shape index (κ2) is 23.6. The van der Waals surface area contributed by atoms with Crippen LogP contribution in [-0.2, 0) is 0 Å². The Labute approximate surface area is 160 Å². The Balaban J connectivity index is -0.0000000300. The van der Waals surface area contributed by atoms with E-state index in [0.717, 1.165) is 0 Å². The van der Waals surface area contributed by atoms with Gasteiger partial charge in [0.15, 0.2) is 0 Å². The van der Waals surface area contributed by atoms with E-state index in [4.69, 9.17) is 0 Å².